The van der Waals surface area contributed by atoms with Gasteiger partial charge in [-0.25, -0.2) is 0 Å². The zero-order valence-corrected chi connectivity index (χ0v) is 18.7. The van der Waals surface area contributed by atoms with Crippen LogP contribution < -0.4 is 0 Å². The van der Waals surface area contributed by atoms with Crippen LogP contribution in [0.1, 0.15) is 43.0 Å². The molecule has 1 aliphatic carbocycles. The zero-order chi connectivity index (χ0) is 22.7. The highest BCUT2D eigenvalue weighted by atomic mass is 16.6. The molecule has 168 valence electrons. The van der Waals surface area contributed by atoms with Crippen LogP contribution in [0.4, 0.5) is 5.69 Å². The number of nitrogens with zero attached hydrogens (tertiary/aromatic N) is 2. The van der Waals surface area contributed by atoms with Crippen LogP contribution in [0.25, 0.3) is 17.0 Å². The molecule has 1 saturated heterocycles. The number of hydrogen-bond acceptors (Lipinski definition) is 4. The second-order valence-corrected chi connectivity index (χ2v) is 10.1. The van der Waals surface area contributed by atoms with Crippen LogP contribution in [-0.2, 0) is 16.8 Å². The number of nitro benzene ring substituents is 1. The fourth-order valence-corrected chi connectivity index (χ4v) is 6.48. The summed E-state index contributed by atoms with van der Waals surface area (Å²) in [4.78, 5) is 30.2. The van der Waals surface area contributed by atoms with E-state index in [0.717, 1.165) is 54.4 Å². The van der Waals surface area contributed by atoms with Gasteiger partial charge < -0.3 is 4.98 Å². The number of fused-ring (bicyclic) bond motifs is 6. The summed E-state index contributed by atoms with van der Waals surface area (Å²) in [7, 11) is 0. The molecule has 0 spiro atoms. The normalized spacial score (nSPS) is 28.4. The summed E-state index contributed by atoms with van der Waals surface area (Å²) < 4.78 is 0. The Hall–Kier alpha value is -3.25. The van der Waals surface area contributed by atoms with Gasteiger partial charge in [0.2, 0.25) is 0 Å². The van der Waals surface area contributed by atoms with E-state index in [-0.39, 0.29) is 21.9 Å². The molecule has 2 fully saturated rings. The number of non-ortho nitro benzene ring substituents is 1. The fraction of sp³-hybridized carbons (Fsp3) is 0.370. The van der Waals surface area contributed by atoms with Crippen molar-refractivity contribution in [3.05, 3.63) is 81.0 Å². The Morgan fingerprint density at radius 1 is 1.15 bits per heavy atom. The van der Waals surface area contributed by atoms with Crippen LogP contribution in [0, 0.1) is 22.0 Å². The summed E-state index contributed by atoms with van der Waals surface area (Å²) in [6, 6.07) is 15.2. The molecular weight excluding hydrogens is 414 g/mol. The van der Waals surface area contributed by atoms with Gasteiger partial charge in [0.1, 0.15) is 0 Å². The molecule has 6 heteroatoms. The summed E-state index contributed by atoms with van der Waals surface area (Å²) in [6.07, 6.45) is 5.34. The first-order valence-corrected chi connectivity index (χ1v) is 11.8. The predicted octanol–water partition coefficient (Wildman–Crippen LogP) is 5.23. The largest absolute Gasteiger partial charge is 0.357 e. The monoisotopic (exact) mass is 441 g/mol. The van der Waals surface area contributed by atoms with E-state index in [0.29, 0.717) is 18.3 Å². The van der Waals surface area contributed by atoms with Crippen molar-refractivity contribution >= 4 is 28.4 Å². The number of ketones is 1. The predicted molar refractivity (Wildman–Crippen MR) is 128 cm³/mol. The number of nitro groups is 1. The molecule has 1 saturated carbocycles. The minimum absolute atomic E-state index is 0.135. The number of aromatic nitrogens is 1. The van der Waals surface area contributed by atoms with E-state index < -0.39 is 0 Å². The minimum Gasteiger partial charge on any atom is -0.357 e. The van der Waals surface area contributed by atoms with Gasteiger partial charge in [0, 0.05) is 48.2 Å². The van der Waals surface area contributed by atoms with Crippen LogP contribution in [-0.4, -0.2) is 33.7 Å². The maximum Gasteiger partial charge on any atom is 0.270 e. The molecule has 6 rings (SSSR count). The highest BCUT2D eigenvalue weighted by molar-refractivity contribution is 6.00. The van der Waals surface area contributed by atoms with E-state index in [2.05, 4.69) is 35.0 Å². The Balaban J connectivity index is 1.32. The Morgan fingerprint density at radius 2 is 1.97 bits per heavy atom. The lowest BCUT2D eigenvalue weighted by Gasteiger charge is -2.54. The molecule has 0 radical (unpaired) electrons. The number of benzene rings is 2. The fourth-order valence-electron chi connectivity index (χ4n) is 6.48. The first-order valence-electron chi connectivity index (χ1n) is 11.8. The number of nitrogens with one attached hydrogen (secondary N) is 1. The average Bonchev–Trinajstić information content (AvgIpc) is 3.18. The molecule has 2 aliphatic heterocycles. The Morgan fingerprint density at radius 3 is 2.76 bits per heavy atom. The van der Waals surface area contributed by atoms with Crippen molar-refractivity contribution in [2.75, 3.05) is 13.1 Å². The number of hydrogen-bond donors (Lipinski definition) is 1. The van der Waals surface area contributed by atoms with Crippen molar-refractivity contribution in [2.45, 2.75) is 38.1 Å². The summed E-state index contributed by atoms with van der Waals surface area (Å²) in [6.45, 7) is 4.20. The number of carbonyl (C=O) groups is 1. The maximum absolute atomic E-state index is 13.1. The third-order valence-electron chi connectivity index (χ3n) is 8.18. The Kier molecular flexibility index (Phi) is 4.56. The molecule has 33 heavy (non-hydrogen) atoms. The van der Waals surface area contributed by atoms with Crippen molar-refractivity contribution in [1.82, 2.24) is 9.88 Å². The minimum atomic E-state index is -0.324. The van der Waals surface area contributed by atoms with Crippen LogP contribution >= 0.6 is 0 Å². The lowest BCUT2D eigenvalue weighted by Crippen LogP contribution is -2.57. The van der Waals surface area contributed by atoms with Gasteiger partial charge in [-0.05, 0) is 66.9 Å². The third kappa shape index (κ3) is 3.23. The van der Waals surface area contributed by atoms with Gasteiger partial charge in [-0.2, -0.15) is 0 Å². The van der Waals surface area contributed by atoms with Gasteiger partial charge in [0.05, 0.1) is 10.5 Å². The molecule has 1 aromatic heterocycles. The molecule has 0 bridgehead atoms. The maximum atomic E-state index is 13.1. The zero-order valence-electron chi connectivity index (χ0n) is 18.7. The Labute approximate surface area is 192 Å². The number of rotatable bonds is 2. The van der Waals surface area contributed by atoms with Crippen molar-refractivity contribution in [3.8, 4) is 0 Å². The van der Waals surface area contributed by atoms with E-state index in [4.69, 9.17) is 0 Å². The highest BCUT2D eigenvalue weighted by Crippen LogP contribution is 2.50. The van der Waals surface area contributed by atoms with Gasteiger partial charge in [0.25, 0.3) is 5.69 Å². The van der Waals surface area contributed by atoms with E-state index in [1.54, 1.807) is 12.1 Å². The van der Waals surface area contributed by atoms with E-state index in [1.807, 2.05) is 24.3 Å². The van der Waals surface area contributed by atoms with E-state index in [1.165, 1.54) is 11.3 Å². The molecule has 6 nitrogen and oxygen atoms in total. The lowest BCUT2D eigenvalue weighted by atomic mass is 9.65. The van der Waals surface area contributed by atoms with Crippen LogP contribution in [0.2, 0.25) is 0 Å². The highest BCUT2D eigenvalue weighted by Gasteiger charge is 2.50. The van der Waals surface area contributed by atoms with E-state index >= 15 is 0 Å². The number of carbonyl (C=O) groups excluding carboxylic acids is 1. The third-order valence-corrected chi connectivity index (χ3v) is 8.18. The smallest absolute Gasteiger partial charge is 0.270 e. The number of Topliss-reactive ketones (excluding diaryl/α,β-unsaturated/α-hetero) is 1. The molecule has 1 N–H and O–H groups in total. The molecule has 3 atom stereocenters. The van der Waals surface area contributed by atoms with Crippen LogP contribution in [0.3, 0.4) is 0 Å². The second kappa shape index (κ2) is 7.39. The number of allylic oxidation sites excluding steroid dienone is 1. The van der Waals surface area contributed by atoms with Gasteiger partial charge in [-0.15, -0.1) is 0 Å². The van der Waals surface area contributed by atoms with Crippen molar-refractivity contribution in [1.29, 1.82) is 0 Å². The quantitative estimate of drug-likeness (QED) is 0.335. The number of H-pyrrole nitrogens is 1. The van der Waals surface area contributed by atoms with Crippen molar-refractivity contribution in [2.24, 2.45) is 11.8 Å². The van der Waals surface area contributed by atoms with Crippen molar-refractivity contribution in [3.63, 3.8) is 0 Å². The molecule has 0 unspecified atom stereocenters. The second-order valence-electron chi connectivity index (χ2n) is 10.1. The van der Waals surface area contributed by atoms with Gasteiger partial charge in [0.15, 0.2) is 5.78 Å². The number of piperidine rings is 1. The molecule has 3 aromatic rings. The topological polar surface area (TPSA) is 79.2 Å². The first kappa shape index (κ1) is 20.4. The first-order chi connectivity index (χ1) is 15.9. The lowest BCUT2D eigenvalue weighted by molar-refractivity contribution is -0.384. The Bertz CT molecular complexity index is 1310. The van der Waals surface area contributed by atoms with Crippen LogP contribution in [0.5, 0.6) is 0 Å². The molecule has 0 amide bonds. The summed E-state index contributed by atoms with van der Waals surface area (Å²) in [5.41, 5.74) is 5.36. The summed E-state index contributed by atoms with van der Waals surface area (Å²) in [5.74, 6) is 1.12. The standard InChI is InChI=1S/C27H27N3O3/c1-27-15-19-13-25(31)18(11-17-5-3-2-4-6-17)12-20(19)16-29(27)10-9-22-23-14-21(30(32)33)7-8-24(23)28-26(22)27/h2-8,11,14,19-20,28H,9-10,12-13,15-16H2,1H3/b18-11+/t19-,20-,27-/m0/s1. The molecule has 3 aliphatic rings. The van der Waals surface area contributed by atoms with Gasteiger partial charge in [-0.1, -0.05) is 30.3 Å². The van der Waals surface area contributed by atoms with E-state index in [9.17, 15) is 14.9 Å². The van der Waals surface area contributed by atoms with Crippen molar-refractivity contribution < 1.29 is 9.72 Å². The molecule has 2 aromatic carbocycles. The van der Waals surface area contributed by atoms with Gasteiger partial charge in [-0.3, -0.25) is 19.8 Å². The number of aromatic amines is 1. The average molecular weight is 442 g/mol. The summed E-state index contributed by atoms with van der Waals surface area (Å²) >= 11 is 0. The van der Waals surface area contributed by atoms with Crippen LogP contribution in [0.15, 0.2) is 54.1 Å². The molecule has 3 heterocycles. The summed E-state index contributed by atoms with van der Waals surface area (Å²) in [5, 5.41) is 12.3. The van der Waals surface area contributed by atoms with Gasteiger partial charge >= 0.3 is 0 Å². The molecular formula is C27H27N3O3. The SMILES string of the molecule is C[C@@]12C[C@@H]3CC(=O)/C(=C/c4ccccc4)C[C@H]3CN1CCc1c2[nH]c2ccc([N+](=O)[O-])cc12.